The summed E-state index contributed by atoms with van der Waals surface area (Å²) in [6.45, 7) is 11.9. The van der Waals surface area contributed by atoms with Gasteiger partial charge in [-0.1, -0.05) is 0 Å². The summed E-state index contributed by atoms with van der Waals surface area (Å²) < 4.78 is 1.17. The summed E-state index contributed by atoms with van der Waals surface area (Å²) >= 11 is 1.70. The molecule has 3 heterocycles. The standard InChI is InChI=1S/C26H36N6OS/c1-6-32(7-2)25-28-15(3)20(23(31-25)29-18-11-10-17(14-18)26(4,5)33)24-30-22-19(34-24)12-13-27-21(22)16-8-9-16/h12-13,16-18,33H,6-11,14H2,1-5H3,(H,28,29,31). The summed E-state index contributed by atoms with van der Waals surface area (Å²) in [6, 6.07) is 2.34. The molecule has 7 nitrogen and oxygen atoms in total. The second-order valence-electron chi connectivity index (χ2n) is 10.3. The number of aliphatic hydroxyl groups is 1. The van der Waals surface area contributed by atoms with Crippen molar-refractivity contribution in [3.8, 4) is 10.6 Å². The largest absolute Gasteiger partial charge is 0.390 e. The lowest BCUT2D eigenvalue weighted by Crippen LogP contribution is -2.30. The first-order valence-electron chi connectivity index (χ1n) is 12.7. The summed E-state index contributed by atoms with van der Waals surface area (Å²) in [5, 5.41) is 15.2. The van der Waals surface area contributed by atoms with E-state index in [0.717, 1.165) is 71.6 Å². The Bertz CT molecular complexity index is 1180. The highest BCUT2D eigenvalue weighted by Crippen LogP contribution is 2.45. The Morgan fingerprint density at radius 3 is 2.53 bits per heavy atom. The monoisotopic (exact) mass is 480 g/mol. The minimum Gasteiger partial charge on any atom is -0.390 e. The molecule has 5 rings (SSSR count). The summed E-state index contributed by atoms with van der Waals surface area (Å²) in [6.07, 6.45) is 7.29. The lowest BCUT2D eigenvalue weighted by molar-refractivity contribution is 0.0197. The van der Waals surface area contributed by atoms with Crippen molar-refractivity contribution in [2.45, 2.75) is 84.3 Å². The molecule has 34 heavy (non-hydrogen) atoms. The van der Waals surface area contributed by atoms with Crippen LogP contribution in [0.25, 0.3) is 20.8 Å². The Hall–Kier alpha value is -2.32. The van der Waals surface area contributed by atoms with Crippen LogP contribution >= 0.6 is 11.3 Å². The quantitative estimate of drug-likeness (QED) is 0.438. The molecular weight excluding hydrogens is 444 g/mol. The Kier molecular flexibility index (Phi) is 6.23. The fourth-order valence-corrected chi connectivity index (χ4v) is 6.22. The van der Waals surface area contributed by atoms with E-state index >= 15 is 0 Å². The Morgan fingerprint density at radius 2 is 1.88 bits per heavy atom. The third-order valence-corrected chi connectivity index (χ3v) is 8.45. The minimum atomic E-state index is -0.660. The van der Waals surface area contributed by atoms with E-state index in [-0.39, 0.29) is 12.0 Å². The van der Waals surface area contributed by atoms with E-state index in [1.807, 2.05) is 20.0 Å². The van der Waals surface area contributed by atoms with Gasteiger partial charge in [-0.3, -0.25) is 4.98 Å². The molecule has 0 aliphatic heterocycles. The van der Waals surface area contributed by atoms with Crippen LogP contribution in [-0.4, -0.2) is 49.8 Å². The van der Waals surface area contributed by atoms with Crippen LogP contribution in [-0.2, 0) is 0 Å². The predicted octanol–water partition coefficient (Wildman–Crippen LogP) is 5.53. The molecule has 182 valence electrons. The van der Waals surface area contributed by atoms with Gasteiger partial charge in [0, 0.05) is 31.2 Å². The number of anilines is 2. The highest BCUT2D eigenvalue weighted by atomic mass is 32.1. The lowest BCUT2D eigenvalue weighted by Gasteiger charge is -2.26. The maximum absolute atomic E-state index is 10.5. The van der Waals surface area contributed by atoms with Crippen molar-refractivity contribution in [1.82, 2.24) is 19.9 Å². The van der Waals surface area contributed by atoms with E-state index < -0.39 is 5.60 Å². The van der Waals surface area contributed by atoms with Gasteiger partial charge in [-0.05, 0) is 78.7 Å². The van der Waals surface area contributed by atoms with E-state index in [4.69, 9.17) is 15.0 Å². The number of fused-ring (bicyclic) bond motifs is 1. The van der Waals surface area contributed by atoms with Crippen molar-refractivity contribution in [1.29, 1.82) is 0 Å². The highest BCUT2D eigenvalue weighted by molar-refractivity contribution is 7.21. The van der Waals surface area contributed by atoms with Crippen molar-refractivity contribution in [2.24, 2.45) is 5.92 Å². The maximum atomic E-state index is 10.5. The smallest absolute Gasteiger partial charge is 0.227 e. The zero-order valence-electron chi connectivity index (χ0n) is 20.9. The second kappa shape index (κ2) is 9.04. The molecule has 0 spiro atoms. The highest BCUT2D eigenvalue weighted by Gasteiger charge is 2.35. The third kappa shape index (κ3) is 4.50. The van der Waals surface area contributed by atoms with Crippen LogP contribution in [0.1, 0.15) is 77.1 Å². The van der Waals surface area contributed by atoms with Gasteiger partial charge in [0.05, 0.1) is 27.3 Å². The fourth-order valence-electron chi connectivity index (χ4n) is 5.15. The van der Waals surface area contributed by atoms with Crippen LogP contribution in [0.3, 0.4) is 0 Å². The minimum absolute atomic E-state index is 0.270. The molecule has 2 atom stereocenters. The number of nitrogens with zero attached hydrogens (tertiary/aromatic N) is 5. The Morgan fingerprint density at radius 1 is 1.12 bits per heavy atom. The van der Waals surface area contributed by atoms with E-state index in [1.165, 1.54) is 17.5 Å². The number of pyridine rings is 1. The van der Waals surface area contributed by atoms with Crippen LogP contribution in [0.2, 0.25) is 0 Å². The van der Waals surface area contributed by atoms with Crippen molar-refractivity contribution < 1.29 is 5.11 Å². The van der Waals surface area contributed by atoms with Crippen molar-refractivity contribution in [3.05, 3.63) is 23.7 Å². The molecule has 2 unspecified atom stereocenters. The summed E-state index contributed by atoms with van der Waals surface area (Å²) in [5.41, 5.74) is 3.44. The van der Waals surface area contributed by atoms with Crippen molar-refractivity contribution in [2.75, 3.05) is 23.3 Å². The SMILES string of the molecule is CCN(CC)c1nc(C)c(-c2nc3c(C4CC4)nccc3s2)c(NC2CCC(C(C)(C)O)C2)n1. The average Bonchev–Trinajstić information content (AvgIpc) is 3.35. The molecule has 0 radical (unpaired) electrons. The van der Waals surface area contributed by atoms with Gasteiger partial charge in [-0.2, -0.15) is 4.98 Å². The van der Waals surface area contributed by atoms with Gasteiger partial charge in [-0.15, -0.1) is 11.3 Å². The Labute approximate surface area is 206 Å². The molecule has 0 bridgehead atoms. The summed E-state index contributed by atoms with van der Waals surface area (Å²) in [7, 11) is 0. The first kappa shape index (κ1) is 23.4. The summed E-state index contributed by atoms with van der Waals surface area (Å²) in [5.74, 6) is 2.45. The molecule has 0 aromatic carbocycles. The molecule has 2 N–H and O–H groups in total. The molecule has 3 aromatic heterocycles. The third-order valence-electron chi connectivity index (χ3n) is 7.41. The normalized spacial score (nSPS) is 20.8. The number of thiazole rings is 1. The molecule has 0 saturated heterocycles. The van der Waals surface area contributed by atoms with Gasteiger partial charge < -0.3 is 15.3 Å². The second-order valence-corrected chi connectivity index (χ2v) is 11.4. The summed E-state index contributed by atoms with van der Waals surface area (Å²) in [4.78, 5) is 21.9. The zero-order valence-corrected chi connectivity index (χ0v) is 21.7. The number of aryl methyl sites for hydroxylation is 1. The molecule has 0 amide bonds. The van der Waals surface area contributed by atoms with E-state index in [1.54, 1.807) is 11.3 Å². The van der Waals surface area contributed by atoms with Gasteiger partial charge in [0.25, 0.3) is 0 Å². The van der Waals surface area contributed by atoms with Crippen LogP contribution in [0.4, 0.5) is 11.8 Å². The number of nitrogens with one attached hydrogen (secondary N) is 1. The topological polar surface area (TPSA) is 87.1 Å². The number of hydrogen-bond donors (Lipinski definition) is 2. The molecule has 2 aliphatic rings. The van der Waals surface area contributed by atoms with Crippen LogP contribution in [0.5, 0.6) is 0 Å². The molecule has 2 fully saturated rings. The number of hydrogen-bond acceptors (Lipinski definition) is 8. The first-order chi connectivity index (χ1) is 16.3. The van der Waals surface area contributed by atoms with E-state index in [0.29, 0.717) is 5.92 Å². The lowest BCUT2D eigenvalue weighted by atomic mass is 9.89. The van der Waals surface area contributed by atoms with Gasteiger partial charge in [0.2, 0.25) is 5.95 Å². The van der Waals surface area contributed by atoms with Crippen LogP contribution < -0.4 is 10.2 Å². The van der Waals surface area contributed by atoms with Gasteiger partial charge >= 0.3 is 0 Å². The number of aromatic nitrogens is 4. The maximum Gasteiger partial charge on any atom is 0.227 e. The molecular formula is C26H36N6OS. The molecule has 2 saturated carbocycles. The first-order valence-corrected chi connectivity index (χ1v) is 13.5. The average molecular weight is 481 g/mol. The van der Waals surface area contributed by atoms with Crippen LogP contribution in [0.15, 0.2) is 12.3 Å². The molecule has 2 aliphatic carbocycles. The molecule has 3 aromatic rings. The van der Waals surface area contributed by atoms with E-state index in [9.17, 15) is 5.11 Å². The van der Waals surface area contributed by atoms with Gasteiger partial charge in [0.15, 0.2) is 0 Å². The predicted molar refractivity (Wildman–Crippen MR) is 140 cm³/mol. The Balaban J connectivity index is 1.56. The van der Waals surface area contributed by atoms with Crippen molar-refractivity contribution in [3.63, 3.8) is 0 Å². The van der Waals surface area contributed by atoms with Crippen molar-refractivity contribution >= 4 is 33.3 Å². The van der Waals surface area contributed by atoms with Crippen LogP contribution in [0, 0.1) is 12.8 Å². The fraction of sp³-hybridized carbons (Fsp3) is 0.615. The van der Waals surface area contributed by atoms with Gasteiger partial charge in [0.1, 0.15) is 16.3 Å². The van der Waals surface area contributed by atoms with Gasteiger partial charge in [-0.25, -0.2) is 9.97 Å². The molecule has 8 heteroatoms. The number of rotatable bonds is 8. The van der Waals surface area contributed by atoms with E-state index in [2.05, 4.69) is 42.0 Å². The zero-order chi connectivity index (χ0) is 24.0.